The van der Waals surface area contributed by atoms with Crippen molar-refractivity contribution in [3.8, 4) is 17.2 Å². The van der Waals surface area contributed by atoms with Crippen molar-refractivity contribution in [3.05, 3.63) is 57.6 Å². The summed E-state index contributed by atoms with van der Waals surface area (Å²) >= 11 is 0. The summed E-state index contributed by atoms with van der Waals surface area (Å²) < 4.78 is 45.6. The third-order valence-electron chi connectivity index (χ3n) is 4.49. The number of nitrogens with zero attached hydrogens (tertiary/aromatic N) is 1. The molecule has 0 bridgehead atoms. The number of hydrogen-bond donors (Lipinski definition) is 1. The molecule has 1 atom stereocenters. The number of carbonyl (C=O) groups is 1. The molecule has 2 aromatic rings. The minimum atomic E-state index is -3.04. The fraction of sp³-hybridized carbons (Fsp3) is 0.381. The molecule has 0 radical (unpaired) electrons. The Hall–Kier alpha value is -3.47. The lowest BCUT2D eigenvalue weighted by Crippen LogP contribution is -2.29. The highest BCUT2D eigenvalue weighted by Crippen LogP contribution is 2.36. The van der Waals surface area contributed by atoms with Crippen LogP contribution in [0.5, 0.6) is 17.2 Å². The molecular formula is C21H24F2N2O7. The summed E-state index contributed by atoms with van der Waals surface area (Å²) in [5.74, 6) is -0.678. The second-order valence-corrected chi connectivity index (χ2v) is 6.47. The van der Waals surface area contributed by atoms with Gasteiger partial charge in [-0.1, -0.05) is 25.1 Å². The number of methoxy groups -OCH3 is 2. The minimum Gasteiger partial charge on any atom is -0.493 e. The van der Waals surface area contributed by atoms with Crippen molar-refractivity contribution in [2.24, 2.45) is 0 Å². The number of amides is 1. The van der Waals surface area contributed by atoms with E-state index in [1.807, 2.05) is 0 Å². The molecule has 1 N–H and O–H groups in total. The molecule has 0 heterocycles. The van der Waals surface area contributed by atoms with Crippen LogP contribution in [-0.2, 0) is 4.74 Å². The van der Waals surface area contributed by atoms with Gasteiger partial charge in [0, 0.05) is 18.7 Å². The zero-order valence-electron chi connectivity index (χ0n) is 17.8. The normalized spacial score (nSPS) is 11.7. The van der Waals surface area contributed by atoms with Crippen LogP contribution in [0, 0.1) is 10.1 Å². The maximum atomic E-state index is 13.0. The zero-order valence-corrected chi connectivity index (χ0v) is 17.8. The Balaban J connectivity index is 2.38. The highest BCUT2D eigenvalue weighted by atomic mass is 19.3. The molecule has 32 heavy (non-hydrogen) atoms. The van der Waals surface area contributed by atoms with Gasteiger partial charge in [0.2, 0.25) is 0 Å². The fourth-order valence-corrected chi connectivity index (χ4v) is 3.00. The molecule has 11 heteroatoms. The Bertz CT molecular complexity index is 940. The molecular weight excluding hydrogens is 430 g/mol. The smallest absolute Gasteiger partial charge is 0.387 e. The first-order chi connectivity index (χ1) is 15.3. The van der Waals surface area contributed by atoms with Crippen molar-refractivity contribution < 1.29 is 37.4 Å². The zero-order chi connectivity index (χ0) is 23.7. The highest BCUT2D eigenvalue weighted by molar-refractivity contribution is 5.99. The lowest BCUT2D eigenvalue weighted by molar-refractivity contribution is -0.385. The fourth-order valence-electron chi connectivity index (χ4n) is 3.00. The predicted octanol–water partition coefficient (Wildman–Crippen LogP) is 4.11. The maximum Gasteiger partial charge on any atom is 0.387 e. The summed E-state index contributed by atoms with van der Waals surface area (Å²) in [6, 6.07) is 7.58. The molecule has 9 nitrogen and oxygen atoms in total. The van der Waals surface area contributed by atoms with E-state index in [0.717, 1.165) is 6.07 Å². The van der Waals surface area contributed by atoms with E-state index in [1.165, 1.54) is 38.5 Å². The summed E-state index contributed by atoms with van der Waals surface area (Å²) in [5.41, 5.74) is -0.447. The highest BCUT2D eigenvalue weighted by Gasteiger charge is 2.27. The van der Waals surface area contributed by atoms with Crippen molar-refractivity contribution in [1.29, 1.82) is 0 Å². The van der Waals surface area contributed by atoms with Crippen LogP contribution >= 0.6 is 0 Å². The molecule has 1 unspecified atom stereocenters. The summed E-state index contributed by atoms with van der Waals surface area (Å²) in [5, 5.41) is 14.3. The van der Waals surface area contributed by atoms with Crippen molar-refractivity contribution in [3.63, 3.8) is 0 Å². The van der Waals surface area contributed by atoms with Crippen LogP contribution in [0.2, 0.25) is 0 Å². The molecule has 0 fully saturated rings. The van der Waals surface area contributed by atoms with Gasteiger partial charge in [-0.3, -0.25) is 14.9 Å². The van der Waals surface area contributed by atoms with E-state index in [-0.39, 0.29) is 36.0 Å². The summed E-state index contributed by atoms with van der Waals surface area (Å²) in [6.07, 6.45) is 0.318. The molecule has 0 saturated carbocycles. The number of nitro groups is 1. The second-order valence-electron chi connectivity index (χ2n) is 6.47. The van der Waals surface area contributed by atoms with Gasteiger partial charge in [0.25, 0.3) is 11.6 Å². The Labute approximate surface area is 183 Å². The number of ether oxygens (including phenoxy) is 4. The second kappa shape index (κ2) is 11.8. The topological polar surface area (TPSA) is 109 Å². The standard InChI is InChI=1S/C21H24F2N2O7/c1-4-15(13-7-5-6-8-17(13)32-21(22)23)24-20(26)14-11-18(30-3)19(31-10-9-29-2)12-16(14)25(27)28/h5-8,11-12,15,21H,4,9-10H2,1-3H3,(H,24,26). The van der Waals surface area contributed by atoms with Gasteiger partial charge in [-0.05, 0) is 12.5 Å². The first-order valence-corrected chi connectivity index (χ1v) is 9.65. The van der Waals surface area contributed by atoms with E-state index in [0.29, 0.717) is 12.0 Å². The molecule has 0 spiro atoms. The number of carbonyl (C=O) groups excluding carboxylic acids is 1. The molecule has 0 aromatic heterocycles. The SMILES string of the molecule is CCC(NC(=O)c1cc(OC)c(OCCOC)cc1[N+](=O)[O-])c1ccccc1OC(F)F. The maximum absolute atomic E-state index is 13.0. The predicted molar refractivity (Wildman–Crippen MR) is 111 cm³/mol. The average molecular weight is 454 g/mol. The first-order valence-electron chi connectivity index (χ1n) is 9.65. The van der Waals surface area contributed by atoms with Gasteiger partial charge in [0.1, 0.15) is 17.9 Å². The third-order valence-corrected chi connectivity index (χ3v) is 4.49. The van der Waals surface area contributed by atoms with E-state index in [9.17, 15) is 23.7 Å². The Morgan fingerprint density at radius 2 is 1.84 bits per heavy atom. The molecule has 0 aliphatic carbocycles. The van der Waals surface area contributed by atoms with Crippen LogP contribution in [-0.4, -0.2) is 44.9 Å². The van der Waals surface area contributed by atoms with E-state index in [4.69, 9.17) is 14.2 Å². The van der Waals surface area contributed by atoms with Gasteiger partial charge >= 0.3 is 6.61 Å². The largest absolute Gasteiger partial charge is 0.493 e. The van der Waals surface area contributed by atoms with Crippen molar-refractivity contribution >= 4 is 11.6 Å². The number of halogens is 2. The van der Waals surface area contributed by atoms with Gasteiger partial charge in [-0.15, -0.1) is 0 Å². The van der Waals surface area contributed by atoms with Crippen LogP contribution in [0.1, 0.15) is 35.3 Å². The molecule has 1 amide bonds. The number of para-hydroxylation sites is 1. The Morgan fingerprint density at radius 3 is 2.44 bits per heavy atom. The van der Waals surface area contributed by atoms with Crippen LogP contribution in [0.15, 0.2) is 36.4 Å². The molecule has 0 saturated heterocycles. The summed E-state index contributed by atoms with van der Waals surface area (Å²) in [7, 11) is 2.81. The van der Waals surface area contributed by atoms with Gasteiger partial charge < -0.3 is 24.3 Å². The quantitative estimate of drug-likeness (QED) is 0.292. The van der Waals surface area contributed by atoms with Gasteiger partial charge in [0.15, 0.2) is 11.5 Å². The monoisotopic (exact) mass is 454 g/mol. The number of benzene rings is 2. The molecule has 174 valence electrons. The van der Waals surface area contributed by atoms with E-state index < -0.39 is 29.2 Å². The minimum absolute atomic E-state index is 0.0792. The van der Waals surface area contributed by atoms with E-state index in [1.54, 1.807) is 13.0 Å². The first kappa shape index (κ1) is 24.8. The van der Waals surface area contributed by atoms with Crippen molar-refractivity contribution in [2.75, 3.05) is 27.4 Å². The number of nitrogens with one attached hydrogen (secondary N) is 1. The third kappa shape index (κ3) is 6.27. The van der Waals surface area contributed by atoms with E-state index >= 15 is 0 Å². The molecule has 0 aliphatic heterocycles. The number of alkyl halides is 2. The number of hydrogen-bond acceptors (Lipinski definition) is 7. The summed E-state index contributed by atoms with van der Waals surface area (Å²) in [6.45, 7) is -0.946. The van der Waals surface area contributed by atoms with Crippen LogP contribution in [0.4, 0.5) is 14.5 Å². The molecule has 0 aliphatic rings. The van der Waals surface area contributed by atoms with Gasteiger partial charge in [-0.25, -0.2) is 0 Å². The Kier molecular flexibility index (Phi) is 9.14. The van der Waals surface area contributed by atoms with E-state index in [2.05, 4.69) is 10.1 Å². The van der Waals surface area contributed by atoms with Crippen LogP contribution in [0.3, 0.4) is 0 Å². The summed E-state index contributed by atoms with van der Waals surface area (Å²) in [4.78, 5) is 23.9. The number of nitro benzene ring substituents is 1. The molecule has 2 aromatic carbocycles. The Morgan fingerprint density at radius 1 is 1.12 bits per heavy atom. The van der Waals surface area contributed by atoms with Crippen molar-refractivity contribution in [2.45, 2.75) is 26.0 Å². The molecule has 2 rings (SSSR count). The average Bonchev–Trinajstić information content (AvgIpc) is 2.77. The van der Waals surface area contributed by atoms with Crippen LogP contribution in [0.25, 0.3) is 0 Å². The van der Waals surface area contributed by atoms with Crippen LogP contribution < -0.4 is 19.5 Å². The van der Waals surface area contributed by atoms with Gasteiger partial charge in [0.05, 0.1) is 30.7 Å². The van der Waals surface area contributed by atoms with Crippen molar-refractivity contribution in [1.82, 2.24) is 5.32 Å². The lowest BCUT2D eigenvalue weighted by atomic mass is 10.0. The number of rotatable bonds is 12. The van der Waals surface area contributed by atoms with Gasteiger partial charge in [-0.2, -0.15) is 8.78 Å². The lowest BCUT2D eigenvalue weighted by Gasteiger charge is -2.21.